The summed E-state index contributed by atoms with van der Waals surface area (Å²) in [7, 11) is -4.30. The number of H-pyrrole nitrogens is 1. The molecule has 0 bridgehead atoms. The van der Waals surface area contributed by atoms with Gasteiger partial charge in [0, 0.05) is 12.3 Å². The zero-order valence-electron chi connectivity index (χ0n) is 22.2. The zero-order chi connectivity index (χ0) is 29.2. The molecule has 0 amide bonds. The molecule has 14 nitrogen and oxygen atoms in total. The molecule has 1 aromatic carbocycles. The average Bonchev–Trinajstić information content (AvgIpc) is 3.37. The van der Waals surface area contributed by atoms with Crippen LogP contribution in [0.3, 0.4) is 0 Å². The lowest BCUT2D eigenvalue weighted by Crippen LogP contribution is -2.48. The van der Waals surface area contributed by atoms with E-state index in [0.717, 1.165) is 10.6 Å². The largest absolute Gasteiger partial charge is 0.510 e. The Kier molecular flexibility index (Phi) is 8.36. The van der Waals surface area contributed by atoms with Crippen molar-refractivity contribution in [1.29, 1.82) is 0 Å². The molecule has 1 aromatic heterocycles. The third-order valence-electron chi connectivity index (χ3n) is 6.11. The number of esters is 1. The van der Waals surface area contributed by atoms with E-state index in [4.69, 9.17) is 28.0 Å². The van der Waals surface area contributed by atoms with E-state index in [1.165, 1.54) is 25.3 Å². The second-order valence-corrected chi connectivity index (χ2v) is 11.2. The number of ether oxygens (including phenoxy) is 4. The summed E-state index contributed by atoms with van der Waals surface area (Å²) in [6.45, 7) is 9.71. The first-order valence-corrected chi connectivity index (χ1v) is 13.9. The van der Waals surface area contributed by atoms with Crippen LogP contribution in [-0.4, -0.2) is 58.2 Å². The number of benzene rings is 1. The molecule has 4 rings (SSSR count). The molecule has 6 atom stereocenters. The molecule has 2 fully saturated rings. The maximum atomic E-state index is 13.9. The Bertz CT molecular complexity index is 1440. The molecule has 15 heteroatoms. The minimum absolute atomic E-state index is 0.180. The number of aromatic amines is 1. The van der Waals surface area contributed by atoms with Crippen LogP contribution in [0.5, 0.6) is 5.75 Å². The molecule has 2 aliphatic heterocycles. The molecule has 0 spiro atoms. The summed E-state index contributed by atoms with van der Waals surface area (Å²) < 4.78 is 48.4. The predicted octanol–water partition coefficient (Wildman–Crippen LogP) is 2.42. The fourth-order valence-electron chi connectivity index (χ4n) is 4.35. The molecule has 2 N–H and O–H groups in total. The summed E-state index contributed by atoms with van der Waals surface area (Å²) in [5.41, 5.74) is -2.88. The van der Waals surface area contributed by atoms with Gasteiger partial charge in [0.05, 0.1) is 12.7 Å². The molecular weight excluding hydrogens is 549 g/mol. The van der Waals surface area contributed by atoms with Gasteiger partial charge < -0.3 is 23.5 Å². The van der Waals surface area contributed by atoms with Crippen LogP contribution in [0.2, 0.25) is 0 Å². The molecule has 2 saturated heterocycles. The van der Waals surface area contributed by atoms with Crippen LogP contribution >= 0.6 is 7.75 Å². The molecule has 0 saturated carbocycles. The van der Waals surface area contributed by atoms with Gasteiger partial charge in [0.25, 0.3) is 5.56 Å². The van der Waals surface area contributed by atoms with Crippen molar-refractivity contribution in [3.05, 3.63) is 75.6 Å². The number of aromatic nitrogens is 2. The highest BCUT2D eigenvalue weighted by atomic mass is 31.2. The Morgan fingerprint density at radius 3 is 2.52 bits per heavy atom. The SMILES string of the molecule is C=C(C)[C@@]12OC(=O)O[C@@H]1[C@@H](COP(=O)(N[C@@H](C)C(=O)OC(C)C)Oc1ccccc1)O[C@H]2n1ccc(=O)[nH]c1=O. The zero-order valence-corrected chi connectivity index (χ0v) is 23.1. The Hall–Kier alpha value is -3.71. The highest BCUT2D eigenvalue weighted by Gasteiger charge is 2.68. The lowest BCUT2D eigenvalue weighted by atomic mass is 9.87. The number of hydrogen-bond donors (Lipinski definition) is 2. The number of carbonyl (C=O) groups is 2. The highest BCUT2D eigenvalue weighted by molar-refractivity contribution is 7.52. The van der Waals surface area contributed by atoms with Crippen molar-refractivity contribution in [3.8, 4) is 5.75 Å². The summed E-state index contributed by atoms with van der Waals surface area (Å²) >= 11 is 0. The van der Waals surface area contributed by atoms with Gasteiger partial charge in [0.15, 0.2) is 12.3 Å². The van der Waals surface area contributed by atoms with Crippen LogP contribution in [0, 0.1) is 0 Å². The standard InChI is InChI=1S/C25H30N3O11P/c1-14(2)25-20(37-24(32)38-25)18(36-22(25)28-12-11-19(29)26-23(28)31)13-34-40(33,39-17-9-7-6-8-10-17)27-16(5)21(30)35-15(3)4/h6-12,15-16,18,20,22H,1,13H2,2-5H3,(H,27,33)(H,26,29,31)/t16-,18+,20+,22+,25+,40?/m0/s1. The van der Waals surface area contributed by atoms with Gasteiger partial charge in [0.1, 0.15) is 17.9 Å². The monoisotopic (exact) mass is 579 g/mol. The van der Waals surface area contributed by atoms with Crippen molar-refractivity contribution in [2.24, 2.45) is 0 Å². The van der Waals surface area contributed by atoms with E-state index in [0.29, 0.717) is 0 Å². The van der Waals surface area contributed by atoms with Gasteiger partial charge in [-0.3, -0.25) is 23.7 Å². The summed E-state index contributed by atoms with van der Waals surface area (Å²) in [4.78, 5) is 51.1. The molecule has 0 aliphatic carbocycles. The van der Waals surface area contributed by atoms with Gasteiger partial charge >= 0.3 is 25.6 Å². The first-order valence-electron chi connectivity index (χ1n) is 12.3. The molecule has 1 unspecified atom stereocenters. The lowest BCUT2D eigenvalue weighted by molar-refractivity contribution is -0.149. The molecule has 40 heavy (non-hydrogen) atoms. The Labute approximate surface area is 228 Å². The second kappa shape index (κ2) is 11.4. The Morgan fingerprint density at radius 2 is 1.90 bits per heavy atom. The quantitative estimate of drug-likeness (QED) is 0.226. The normalized spacial score (nSPS) is 25.8. The molecule has 2 aromatic rings. The van der Waals surface area contributed by atoms with Crippen LogP contribution in [0.1, 0.15) is 33.9 Å². The van der Waals surface area contributed by atoms with E-state index in [2.05, 4.69) is 16.7 Å². The van der Waals surface area contributed by atoms with E-state index < -0.39 is 73.9 Å². The van der Waals surface area contributed by atoms with E-state index >= 15 is 0 Å². The van der Waals surface area contributed by atoms with Crippen LogP contribution in [-0.2, 0) is 32.8 Å². The third kappa shape index (κ3) is 5.89. The summed E-state index contributed by atoms with van der Waals surface area (Å²) in [5, 5.41) is 2.56. The maximum Gasteiger partial charge on any atom is 0.510 e. The van der Waals surface area contributed by atoms with E-state index in [1.54, 1.807) is 39.0 Å². The fourth-order valence-corrected chi connectivity index (χ4v) is 5.85. The second-order valence-electron chi connectivity index (χ2n) is 9.54. The van der Waals surface area contributed by atoms with Gasteiger partial charge in [-0.05, 0) is 45.4 Å². The van der Waals surface area contributed by atoms with Gasteiger partial charge in [-0.1, -0.05) is 24.8 Å². The number of fused-ring (bicyclic) bond motifs is 1. The van der Waals surface area contributed by atoms with Gasteiger partial charge in [-0.15, -0.1) is 0 Å². The van der Waals surface area contributed by atoms with E-state index in [-0.39, 0.29) is 11.3 Å². The average molecular weight is 579 g/mol. The van der Waals surface area contributed by atoms with Crippen molar-refractivity contribution >= 4 is 19.9 Å². The highest BCUT2D eigenvalue weighted by Crippen LogP contribution is 2.52. The number of carbonyl (C=O) groups excluding carboxylic acids is 2. The smallest absolute Gasteiger partial charge is 0.462 e. The van der Waals surface area contributed by atoms with Gasteiger partial charge in [-0.2, -0.15) is 5.09 Å². The number of nitrogens with one attached hydrogen (secondary N) is 2. The Morgan fingerprint density at radius 1 is 1.20 bits per heavy atom. The first-order chi connectivity index (χ1) is 18.8. The van der Waals surface area contributed by atoms with Crippen LogP contribution in [0.4, 0.5) is 4.79 Å². The molecule has 2 aliphatic rings. The summed E-state index contributed by atoms with van der Waals surface area (Å²) in [5.74, 6) is -0.510. The van der Waals surface area contributed by atoms with E-state index in [9.17, 15) is 23.7 Å². The summed E-state index contributed by atoms with van der Waals surface area (Å²) in [6.07, 6.45) is -3.94. The van der Waals surface area contributed by atoms with Crippen LogP contribution in [0.15, 0.2) is 64.3 Å². The van der Waals surface area contributed by atoms with Crippen molar-refractivity contribution in [3.63, 3.8) is 0 Å². The minimum Gasteiger partial charge on any atom is -0.462 e. The lowest BCUT2D eigenvalue weighted by Gasteiger charge is -2.30. The molecular formula is C25H30N3O11P. The third-order valence-corrected chi connectivity index (χ3v) is 7.76. The molecule has 3 heterocycles. The van der Waals surface area contributed by atoms with Gasteiger partial charge in [0.2, 0.25) is 5.60 Å². The van der Waals surface area contributed by atoms with Crippen molar-refractivity contribution in [2.75, 3.05) is 6.61 Å². The van der Waals surface area contributed by atoms with Crippen molar-refractivity contribution < 1.29 is 42.1 Å². The number of hydrogen-bond acceptors (Lipinski definition) is 11. The van der Waals surface area contributed by atoms with E-state index in [1.807, 2.05) is 0 Å². The van der Waals surface area contributed by atoms with Crippen LogP contribution < -0.4 is 20.9 Å². The van der Waals surface area contributed by atoms with Crippen molar-refractivity contribution in [2.45, 2.75) is 63.9 Å². The first kappa shape index (κ1) is 29.3. The number of nitrogens with zero attached hydrogens (tertiary/aromatic N) is 1. The topological polar surface area (TPSA) is 173 Å². The number of rotatable bonds is 11. The molecule has 0 radical (unpaired) electrons. The maximum absolute atomic E-state index is 13.9. The predicted molar refractivity (Wildman–Crippen MR) is 139 cm³/mol. The van der Waals surface area contributed by atoms with Crippen molar-refractivity contribution in [1.82, 2.24) is 14.6 Å². The molecule has 216 valence electrons. The summed E-state index contributed by atoms with van der Waals surface area (Å²) in [6, 6.07) is 8.10. The minimum atomic E-state index is -4.30. The number of para-hydroxylation sites is 1. The van der Waals surface area contributed by atoms with Crippen LogP contribution in [0.25, 0.3) is 0 Å². The fraction of sp³-hybridized carbons (Fsp3) is 0.440. The van der Waals surface area contributed by atoms with Gasteiger partial charge in [-0.25, -0.2) is 14.2 Å². The Balaban J connectivity index is 1.63.